The van der Waals surface area contributed by atoms with E-state index in [1.807, 2.05) is 11.3 Å². The van der Waals surface area contributed by atoms with E-state index in [0.29, 0.717) is 0 Å². The van der Waals surface area contributed by atoms with E-state index < -0.39 is 0 Å². The third kappa shape index (κ3) is 3.17. The van der Waals surface area contributed by atoms with E-state index in [-0.39, 0.29) is 0 Å². The third-order valence-electron chi connectivity index (χ3n) is 9.09. The van der Waals surface area contributed by atoms with Crippen molar-refractivity contribution in [3.05, 3.63) is 140 Å². The summed E-state index contributed by atoms with van der Waals surface area (Å²) >= 11 is 1.92. The molecule has 43 heavy (non-hydrogen) atoms. The topological polar surface area (TPSA) is 20.7 Å². The molecule has 0 atom stereocenters. The summed E-state index contributed by atoms with van der Waals surface area (Å²) in [5.41, 5.74) is 8.51. The average molecular weight is 565 g/mol. The van der Waals surface area contributed by atoms with Crippen LogP contribution in [0.2, 0.25) is 0 Å². The summed E-state index contributed by atoms with van der Waals surface area (Å²) in [5, 5.41) is 10.5. The van der Waals surface area contributed by atoms with Gasteiger partial charge in [-0.25, -0.2) is 0 Å². The van der Waals surface area contributed by atoms with Crippen LogP contribution in [0.4, 0.5) is 0 Å². The second-order valence-corrected chi connectivity index (χ2v) is 12.5. The molecule has 0 saturated carbocycles. The Labute approximate surface area is 251 Å². The Bertz CT molecular complexity index is 2720. The van der Waals surface area contributed by atoms with E-state index in [9.17, 15) is 0 Å². The molecule has 0 spiro atoms. The minimum absolute atomic E-state index is 1.18. The van der Waals surface area contributed by atoms with Crippen molar-refractivity contribution in [1.29, 1.82) is 0 Å². The van der Waals surface area contributed by atoms with Gasteiger partial charge in [0, 0.05) is 63.7 Å². The second-order valence-electron chi connectivity index (χ2n) is 11.4. The lowest BCUT2D eigenvalue weighted by Gasteiger charge is -2.10. The van der Waals surface area contributed by atoms with Crippen LogP contribution >= 0.6 is 11.3 Å². The van der Waals surface area contributed by atoms with Crippen molar-refractivity contribution in [2.24, 2.45) is 0 Å². The molecule has 0 aliphatic heterocycles. The summed E-state index contributed by atoms with van der Waals surface area (Å²) in [7, 11) is 0. The monoisotopic (exact) mass is 564 g/mol. The molecule has 0 unspecified atom stereocenters. The molecule has 0 radical (unpaired) electrons. The SMILES string of the molecule is c1ccc(-c2cccc(-n3c4ccccc4c4cc5c(cc43)sc3c4ccccc4c4[nH]c6ccccc6c4c53)c2)cc1. The number of benzene rings is 7. The van der Waals surface area contributed by atoms with Gasteiger partial charge in [0.15, 0.2) is 0 Å². The van der Waals surface area contributed by atoms with Crippen LogP contribution in [0.25, 0.3) is 91.4 Å². The summed E-state index contributed by atoms with van der Waals surface area (Å²) in [5.74, 6) is 0. The van der Waals surface area contributed by atoms with Crippen molar-refractivity contribution in [2.75, 3.05) is 0 Å². The lowest BCUT2D eigenvalue weighted by molar-refractivity contribution is 1.18. The van der Waals surface area contributed by atoms with Crippen LogP contribution < -0.4 is 0 Å². The quantitative estimate of drug-likeness (QED) is 0.216. The van der Waals surface area contributed by atoms with Gasteiger partial charge in [0.25, 0.3) is 0 Å². The van der Waals surface area contributed by atoms with Crippen LogP contribution in [-0.2, 0) is 0 Å². The maximum atomic E-state index is 3.78. The highest BCUT2D eigenvalue weighted by Gasteiger charge is 2.20. The first kappa shape index (κ1) is 23.2. The lowest BCUT2D eigenvalue weighted by Crippen LogP contribution is -1.94. The fourth-order valence-corrected chi connectivity index (χ4v) is 8.50. The van der Waals surface area contributed by atoms with E-state index in [4.69, 9.17) is 0 Å². The number of para-hydroxylation sites is 2. The Morgan fingerprint density at radius 2 is 1.19 bits per heavy atom. The van der Waals surface area contributed by atoms with Crippen LogP contribution in [0.5, 0.6) is 0 Å². The van der Waals surface area contributed by atoms with Crippen molar-refractivity contribution in [2.45, 2.75) is 0 Å². The van der Waals surface area contributed by atoms with E-state index in [1.54, 1.807) is 0 Å². The maximum Gasteiger partial charge on any atom is 0.0555 e. The molecule has 0 amide bonds. The number of thiophene rings is 1. The van der Waals surface area contributed by atoms with Crippen molar-refractivity contribution in [3.63, 3.8) is 0 Å². The summed E-state index contributed by atoms with van der Waals surface area (Å²) in [6, 6.07) is 50.9. The minimum atomic E-state index is 1.18. The number of nitrogens with zero attached hydrogens (tertiary/aromatic N) is 1. The Morgan fingerprint density at radius 1 is 0.465 bits per heavy atom. The summed E-state index contributed by atoms with van der Waals surface area (Å²) in [6.45, 7) is 0. The van der Waals surface area contributed by atoms with Gasteiger partial charge in [-0.05, 0) is 47.5 Å². The normalized spacial score (nSPS) is 12.2. The minimum Gasteiger partial charge on any atom is -0.354 e. The van der Waals surface area contributed by atoms with Gasteiger partial charge in [-0.3, -0.25) is 0 Å². The van der Waals surface area contributed by atoms with Gasteiger partial charge < -0.3 is 9.55 Å². The van der Waals surface area contributed by atoms with Crippen LogP contribution in [0, 0.1) is 0 Å². The highest BCUT2D eigenvalue weighted by Crippen LogP contribution is 2.48. The predicted octanol–water partition coefficient (Wildman–Crippen LogP) is 11.6. The number of aromatic amines is 1. The smallest absolute Gasteiger partial charge is 0.0555 e. The zero-order valence-electron chi connectivity index (χ0n) is 23.1. The first-order valence-electron chi connectivity index (χ1n) is 14.7. The van der Waals surface area contributed by atoms with Gasteiger partial charge in [0.2, 0.25) is 0 Å². The standard InChI is InChI=1S/C40H24N2S/c1-2-11-24(12-3-1)25-13-10-14-26(21-25)42-34-20-9-7-15-27(34)31-22-32-36(23-35(31)42)43-40-29-17-5-4-16-28(29)39-37(38(32)40)30-18-6-8-19-33(30)41-39/h1-23,41H. The van der Waals surface area contributed by atoms with Gasteiger partial charge in [-0.15, -0.1) is 11.3 Å². The van der Waals surface area contributed by atoms with Gasteiger partial charge >= 0.3 is 0 Å². The number of hydrogen-bond donors (Lipinski definition) is 1. The van der Waals surface area contributed by atoms with E-state index in [2.05, 4.69) is 149 Å². The fourth-order valence-electron chi connectivity index (χ4n) is 7.23. The van der Waals surface area contributed by atoms with Crippen LogP contribution in [0.3, 0.4) is 0 Å². The summed E-state index contributed by atoms with van der Waals surface area (Å²) in [6.07, 6.45) is 0. The van der Waals surface area contributed by atoms with Crippen molar-refractivity contribution in [3.8, 4) is 16.8 Å². The average Bonchev–Trinajstić information content (AvgIpc) is 3.74. The number of hydrogen-bond acceptors (Lipinski definition) is 1. The lowest BCUT2D eigenvalue weighted by atomic mass is 9.99. The van der Waals surface area contributed by atoms with E-state index in [0.717, 1.165) is 0 Å². The van der Waals surface area contributed by atoms with Crippen molar-refractivity contribution < 1.29 is 0 Å². The van der Waals surface area contributed by atoms with Gasteiger partial charge in [0.05, 0.1) is 16.6 Å². The molecule has 3 heterocycles. The summed E-state index contributed by atoms with van der Waals surface area (Å²) < 4.78 is 5.12. The van der Waals surface area contributed by atoms with Gasteiger partial charge in [-0.1, -0.05) is 103 Å². The molecular weight excluding hydrogens is 541 g/mol. The van der Waals surface area contributed by atoms with E-state index in [1.165, 1.54) is 91.4 Å². The molecule has 0 fully saturated rings. The first-order valence-corrected chi connectivity index (χ1v) is 15.5. The second kappa shape index (κ2) is 8.57. The molecule has 200 valence electrons. The van der Waals surface area contributed by atoms with Crippen LogP contribution in [-0.4, -0.2) is 9.55 Å². The maximum absolute atomic E-state index is 3.78. The van der Waals surface area contributed by atoms with Gasteiger partial charge in [0.1, 0.15) is 0 Å². The highest BCUT2D eigenvalue weighted by molar-refractivity contribution is 7.27. The summed E-state index contributed by atoms with van der Waals surface area (Å²) in [4.78, 5) is 3.78. The number of aromatic nitrogens is 2. The molecule has 2 nitrogen and oxygen atoms in total. The number of H-pyrrole nitrogens is 1. The Morgan fingerprint density at radius 3 is 2.07 bits per heavy atom. The molecule has 10 rings (SSSR count). The Hall–Kier alpha value is -5.38. The molecule has 0 aliphatic carbocycles. The molecule has 1 N–H and O–H groups in total. The van der Waals surface area contributed by atoms with E-state index >= 15 is 0 Å². The third-order valence-corrected chi connectivity index (χ3v) is 10.3. The molecule has 3 aromatic heterocycles. The number of fused-ring (bicyclic) bond motifs is 13. The van der Waals surface area contributed by atoms with Gasteiger partial charge in [-0.2, -0.15) is 0 Å². The molecule has 7 aromatic carbocycles. The fraction of sp³-hybridized carbons (Fsp3) is 0. The van der Waals surface area contributed by atoms with Crippen molar-refractivity contribution >= 4 is 85.9 Å². The zero-order valence-corrected chi connectivity index (χ0v) is 24.0. The number of rotatable bonds is 2. The molecular formula is C40H24N2S. The predicted molar refractivity (Wildman–Crippen MR) is 186 cm³/mol. The van der Waals surface area contributed by atoms with Crippen LogP contribution in [0.15, 0.2) is 140 Å². The Kier molecular flexibility index (Phi) is 4.63. The molecule has 0 saturated heterocycles. The van der Waals surface area contributed by atoms with Crippen LogP contribution in [0.1, 0.15) is 0 Å². The Balaban J connectivity index is 1.36. The highest BCUT2D eigenvalue weighted by atomic mass is 32.1. The molecule has 10 aromatic rings. The molecule has 0 aliphatic rings. The first-order chi connectivity index (χ1) is 21.3. The molecule has 3 heteroatoms. The van der Waals surface area contributed by atoms with Crippen molar-refractivity contribution in [1.82, 2.24) is 9.55 Å². The largest absolute Gasteiger partial charge is 0.354 e. The zero-order chi connectivity index (χ0) is 28.1. The number of nitrogens with one attached hydrogen (secondary N) is 1. The molecule has 0 bridgehead atoms.